The maximum Gasteiger partial charge on any atom is 0.176 e. The van der Waals surface area contributed by atoms with Gasteiger partial charge in [0.2, 0.25) is 0 Å². The van der Waals surface area contributed by atoms with Gasteiger partial charge in [-0.15, -0.1) is 0 Å². The fraction of sp³-hybridized carbons (Fsp3) is 0. The zero-order valence-electron chi connectivity index (χ0n) is 10.1. The van der Waals surface area contributed by atoms with Crippen LogP contribution >= 0.6 is 23.3 Å². The Bertz CT molecular complexity index is 773. The van der Waals surface area contributed by atoms with Crippen molar-refractivity contribution in [1.29, 1.82) is 0 Å². The SMILES string of the molecule is N/C(=N/O)c1cc2ccccc2nc1Sc1ncns1. The van der Waals surface area contributed by atoms with Crippen LogP contribution in [-0.4, -0.2) is 25.4 Å². The summed E-state index contributed by atoms with van der Waals surface area (Å²) in [7, 11) is 0. The lowest BCUT2D eigenvalue weighted by Crippen LogP contribution is -2.15. The highest BCUT2D eigenvalue weighted by molar-refractivity contribution is 8.01. The maximum absolute atomic E-state index is 8.91. The van der Waals surface area contributed by atoms with E-state index in [0.717, 1.165) is 15.2 Å². The number of benzene rings is 1. The van der Waals surface area contributed by atoms with Crippen LogP contribution in [0.4, 0.5) is 0 Å². The smallest absolute Gasteiger partial charge is 0.176 e. The second-order valence-electron chi connectivity index (χ2n) is 3.83. The van der Waals surface area contributed by atoms with Crippen LogP contribution < -0.4 is 5.73 Å². The zero-order valence-corrected chi connectivity index (χ0v) is 11.7. The molecule has 2 heterocycles. The highest BCUT2D eigenvalue weighted by atomic mass is 32.2. The van der Waals surface area contributed by atoms with Gasteiger partial charge in [-0.2, -0.15) is 4.37 Å². The highest BCUT2D eigenvalue weighted by Crippen LogP contribution is 2.31. The molecule has 0 aliphatic heterocycles. The second kappa shape index (κ2) is 5.43. The molecule has 0 amide bonds. The first kappa shape index (κ1) is 12.8. The van der Waals surface area contributed by atoms with Crippen molar-refractivity contribution >= 4 is 40.0 Å². The summed E-state index contributed by atoms with van der Waals surface area (Å²) in [6.07, 6.45) is 1.48. The zero-order chi connectivity index (χ0) is 13.9. The van der Waals surface area contributed by atoms with Crippen molar-refractivity contribution in [2.75, 3.05) is 0 Å². The van der Waals surface area contributed by atoms with E-state index in [1.165, 1.54) is 29.6 Å². The lowest BCUT2D eigenvalue weighted by Gasteiger charge is -2.07. The molecule has 0 atom stereocenters. The molecule has 0 fully saturated rings. The van der Waals surface area contributed by atoms with Crippen LogP contribution in [-0.2, 0) is 0 Å². The molecule has 0 aliphatic rings. The topological polar surface area (TPSA) is 97.3 Å². The first-order valence-corrected chi connectivity index (χ1v) is 7.19. The number of hydrogen-bond donors (Lipinski definition) is 2. The van der Waals surface area contributed by atoms with E-state index in [9.17, 15) is 0 Å². The number of rotatable bonds is 3. The highest BCUT2D eigenvalue weighted by Gasteiger charge is 2.13. The lowest BCUT2D eigenvalue weighted by molar-refractivity contribution is 0.318. The molecule has 3 aromatic rings. The minimum atomic E-state index is 0.0234. The summed E-state index contributed by atoms with van der Waals surface area (Å²) in [5.74, 6) is 0.0234. The Hall–Kier alpha value is -2.19. The average Bonchev–Trinajstić information content (AvgIpc) is 2.98. The van der Waals surface area contributed by atoms with Crippen LogP contribution in [0, 0.1) is 0 Å². The number of amidine groups is 1. The molecule has 1 aromatic carbocycles. The maximum atomic E-state index is 8.91. The predicted molar refractivity (Wildman–Crippen MR) is 78.3 cm³/mol. The molecule has 3 rings (SSSR count). The van der Waals surface area contributed by atoms with Gasteiger partial charge in [-0.1, -0.05) is 23.4 Å². The summed E-state index contributed by atoms with van der Waals surface area (Å²) < 4.78 is 4.70. The number of nitrogens with two attached hydrogens (primary N) is 1. The van der Waals surface area contributed by atoms with Crippen LogP contribution in [0.3, 0.4) is 0 Å². The van der Waals surface area contributed by atoms with Crippen molar-refractivity contribution in [3.8, 4) is 0 Å². The number of pyridine rings is 1. The Labute approximate surface area is 122 Å². The molecule has 0 unspecified atom stereocenters. The van der Waals surface area contributed by atoms with Crippen LogP contribution in [0.2, 0.25) is 0 Å². The van der Waals surface area contributed by atoms with E-state index in [4.69, 9.17) is 10.9 Å². The van der Waals surface area contributed by atoms with Gasteiger partial charge in [0.15, 0.2) is 10.2 Å². The quantitative estimate of drug-likeness (QED) is 0.333. The largest absolute Gasteiger partial charge is 0.409 e. The Kier molecular flexibility index (Phi) is 3.48. The van der Waals surface area contributed by atoms with Gasteiger partial charge >= 0.3 is 0 Å². The Morgan fingerprint density at radius 2 is 2.20 bits per heavy atom. The van der Waals surface area contributed by atoms with Crippen LogP contribution in [0.1, 0.15) is 5.56 Å². The summed E-state index contributed by atoms with van der Waals surface area (Å²) in [6.45, 7) is 0. The molecule has 20 heavy (non-hydrogen) atoms. The van der Waals surface area contributed by atoms with E-state index in [1.54, 1.807) is 0 Å². The lowest BCUT2D eigenvalue weighted by atomic mass is 10.1. The summed E-state index contributed by atoms with van der Waals surface area (Å²) in [6, 6.07) is 9.52. The molecule has 3 N–H and O–H groups in total. The summed E-state index contributed by atoms with van der Waals surface area (Å²) in [5.41, 5.74) is 7.15. The molecular formula is C12H9N5OS2. The molecule has 0 aliphatic carbocycles. The predicted octanol–water partition coefficient (Wildman–Crippen LogP) is 2.33. The minimum Gasteiger partial charge on any atom is -0.409 e. The number of fused-ring (bicyclic) bond motifs is 1. The molecule has 0 saturated carbocycles. The van der Waals surface area contributed by atoms with Crippen molar-refractivity contribution in [3.05, 3.63) is 42.2 Å². The van der Waals surface area contributed by atoms with Crippen LogP contribution in [0.15, 0.2) is 51.2 Å². The minimum absolute atomic E-state index is 0.0234. The number of para-hydroxylation sites is 1. The van der Waals surface area contributed by atoms with E-state index in [0.29, 0.717) is 10.6 Å². The van der Waals surface area contributed by atoms with Crippen molar-refractivity contribution in [2.45, 2.75) is 9.37 Å². The van der Waals surface area contributed by atoms with Crippen molar-refractivity contribution in [1.82, 2.24) is 14.3 Å². The summed E-state index contributed by atoms with van der Waals surface area (Å²) in [5, 5.41) is 13.5. The molecule has 0 saturated heterocycles. The van der Waals surface area contributed by atoms with Gasteiger partial charge in [-0.3, -0.25) is 0 Å². The van der Waals surface area contributed by atoms with Gasteiger partial charge in [0.1, 0.15) is 11.4 Å². The van der Waals surface area contributed by atoms with Crippen molar-refractivity contribution in [3.63, 3.8) is 0 Å². The molecule has 0 radical (unpaired) electrons. The fourth-order valence-corrected chi connectivity index (χ4v) is 3.18. The monoisotopic (exact) mass is 303 g/mol. The first-order valence-electron chi connectivity index (χ1n) is 5.60. The van der Waals surface area contributed by atoms with Gasteiger partial charge < -0.3 is 10.9 Å². The van der Waals surface area contributed by atoms with E-state index < -0.39 is 0 Å². The molecule has 6 nitrogen and oxygen atoms in total. The molecule has 2 aromatic heterocycles. The fourth-order valence-electron chi connectivity index (χ4n) is 1.70. The summed E-state index contributed by atoms with van der Waals surface area (Å²) >= 11 is 2.61. The third-order valence-corrected chi connectivity index (χ3v) is 4.32. The number of aromatic nitrogens is 3. The number of hydrogen-bond acceptors (Lipinski definition) is 7. The molecule has 8 heteroatoms. The van der Waals surface area contributed by atoms with Gasteiger partial charge in [-0.25, -0.2) is 9.97 Å². The van der Waals surface area contributed by atoms with E-state index >= 15 is 0 Å². The first-order chi connectivity index (χ1) is 9.78. The van der Waals surface area contributed by atoms with E-state index in [-0.39, 0.29) is 5.84 Å². The van der Waals surface area contributed by atoms with Crippen molar-refractivity contribution in [2.24, 2.45) is 10.9 Å². The van der Waals surface area contributed by atoms with Gasteiger partial charge in [0.25, 0.3) is 0 Å². The normalized spacial score (nSPS) is 11.9. The Morgan fingerprint density at radius 1 is 1.35 bits per heavy atom. The third kappa shape index (κ3) is 2.43. The Balaban J connectivity index is 2.16. The summed E-state index contributed by atoms with van der Waals surface area (Å²) in [4.78, 5) is 8.65. The van der Waals surface area contributed by atoms with Gasteiger partial charge in [0, 0.05) is 5.39 Å². The van der Waals surface area contributed by atoms with Crippen LogP contribution in [0.25, 0.3) is 10.9 Å². The van der Waals surface area contributed by atoms with Gasteiger partial charge in [-0.05, 0) is 35.4 Å². The second-order valence-corrected chi connectivity index (χ2v) is 5.84. The molecule has 100 valence electrons. The van der Waals surface area contributed by atoms with Crippen LogP contribution in [0.5, 0.6) is 0 Å². The van der Waals surface area contributed by atoms with E-state index in [1.807, 2.05) is 30.3 Å². The Morgan fingerprint density at radius 3 is 2.95 bits per heavy atom. The van der Waals surface area contributed by atoms with E-state index in [2.05, 4.69) is 19.5 Å². The average molecular weight is 303 g/mol. The molecule has 0 bridgehead atoms. The number of nitrogens with zero attached hydrogens (tertiary/aromatic N) is 4. The molecule has 0 spiro atoms. The standard InChI is InChI=1S/C12H9N5OS2/c13-10(17-18)8-5-7-3-1-2-4-9(7)16-11(8)19-12-14-6-15-20-12/h1-6,18H,(H2,13,17). The number of oxime groups is 1. The third-order valence-electron chi connectivity index (χ3n) is 2.60. The van der Waals surface area contributed by atoms with Gasteiger partial charge in [0.05, 0.1) is 11.1 Å². The van der Waals surface area contributed by atoms with Crippen molar-refractivity contribution < 1.29 is 5.21 Å². The molecular weight excluding hydrogens is 294 g/mol.